The first-order valence-corrected chi connectivity index (χ1v) is 3.82. The van der Waals surface area contributed by atoms with E-state index in [4.69, 9.17) is 5.73 Å². The summed E-state index contributed by atoms with van der Waals surface area (Å²) >= 11 is 0. The third kappa shape index (κ3) is 0.958. The molecule has 1 fully saturated rings. The maximum absolute atomic E-state index is 5.71. The van der Waals surface area contributed by atoms with Crippen molar-refractivity contribution < 1.29 is 0 Å². The third-order valence-electron chi connectivity index (χ3n) is 2.45. The van der Waals surface area contributed by atoms with E-state index >= 15 is 0 Å². The van der Waals surface area contributed by atoms with E-state index in [2.05, 4.69) is 6.08 Å². The number of nitrogens with two attached hydrogens (primary N) is 1. The van der Waals surface area contributed by atoms with E-state index in [0.29, 0.717) is 0 Å². The minimum Gasteiger partial charge on any atom is -0.402 e. The first-order chi connectivity index (χ1) is 4.36. The molecule has 2 aliphatic rings. The lowest BCUT2D eigenvalue weighted by atomic mass is 10.2. The van der Waals surface area contributed by atoms with Gasteiger partial charge in [0.05, 0.1) is 0 Å². The summed E-state index contributed by atoms with van der Waals surface area (Å²) in [5.41, 5.74) is 6.85. The molecule has 0 radical (unpaired) electrons. The van der Waals surface area contributed by atoms with Gasteiger partial charge in [0.1, 0.15) is 0 Å². The van der Waals surface area contributed by atoms with Gasteiger partial charge >= 0.3 is 0 Å². The van der Waals surface area contributed by atoms with Gasteiger partial charge in [0.2, 0.25) is 0 Å². The average molecular weight is 123 g/mol. The highest BCUT2D eigenvalue weighted by atomic mass is 14.6. The zero-order chi connectivity index (χ0) is 6.27. The second kappa shape index (κ2) is 1.76. The highest BCUT2D eigenvalue weighted by Gasteiger charge is 2.35. The van der Waals surface area contributed by atoms with E-state index in [0.717, 1.165) is 24.0 Å². The van der Waals surface area contributed by atoms with E-state index in [-0.39, 0.29) is 0 Å². The van der Waals surface area contributed by atoms with Gasteiger partial charge in [0.25, 0.3) is 0 Å². The molecule has 0 aromatic carbocycles. The normalized spacial score (nSPS) is 40.7. The molecular formula is C8H13N. The fourth-order valence-corrected chi connectivity index (χ4v) is 1.73. The van der Waals surface area contributed by atoms with Crippen LogP contribution in [0.5, 0.6) is 0 Å². The van der Waals surface area contributed by atoms with Crippen LogP contribution < -0.4 is 5.73 Å². The molecule has 0 saturated heterocycles. The van der Waals surface area contributed by atoms with Crippen LogP contribution in [0.3, 0.4) is 0 Å². The maximum atomic E-state index is 5.71. The van der Waals surface area contributed by atoms with Crippen LogP contribution in [0.15, 0.2) is 11.8 Å². The van der Waals surface area contributed by atoms with Crippen LogP contribution in [0, 0.1) is 11.8 Å². The summed E-state index contributed by atoms with van der Waals surface area (Å²) in [5.74, 6) is 1.90. The topological polar surface area (TPSA) is 26.0 Å². The maximum Gasteiger partial charge on any atom is 0.00428 e. The fraction of sp³-hybridized carbons (Fsp3) is 0.750. The largest absolute Gasteiger partial charge is 0.402 e. The highest BCUT2D eigenvalue weighted by molar-refractivity contribution is 5.10. The molecule has 0 spiro atoms. The Balaban J connectivity index is 2.08. The highest BCUT2D eigenvalue weighted by Crippen LogP contribution is 2.45. The van der Waals surface area contributed by atoms with Crippen molar-refractivity contribution in [2.24, 2.45) is 17.6 Å². The Morgan fingerprint density at radius 1 is 1.56 bits per heavy atom. The summed E-state index contributed by atoms with van der Waals surface area (Å²) in [5, 5.41) is 0. The van der Waals surface area contributed by atoms with Crippen LogP contribution in [0.25, 0.3) is 0 Å². The Hall–Kier alpha value is -0.460. The van der Waals surface area contributed by atoms with Crippen molar-refractivity contribution in [3.05, 3.63) is 11.8 Å². The van der Waals surface area contributed by atoms with Gasteiger partial charge in [-0.25, -0.2) is 0 Å². The predicted molar refractivity (Wildman–Crippen MR) is 37.7 cm³/mol. The summed E-state index contributed by atoms with van der Waals surface area (Å²) in [6.07, 6.45) is 7.58. The van der Waals surface area contributed by atoms with E-state index in [1.54, 1.807) is 0 Å². The molecule has 1 nitrogen and oxygen atoms in total. The lowest BCUT2D eigenvalue weighted by Crippen LogP contribution is -1.95. The number of hydrogen-bond acceptors (Lipinski definition) is 1. The molecule has 2 atom stereocenters. The first-order valence-electron chi connectivity index (χ1n) is 3.82. The van der Waals surface area contributed by atoms with Crippen LogP contribution in [0.2, 0.25) is 0 Å². The molecule has 2 unspecified atom stereocenters. The lowest BCUT2D eigenvalue weighted by Gasteiger charge is -1.95. The summed E-state index contributed by atoms with van der Waals surface area (Å²) in [7, 11) is 0. The van der Waals surface area contributed by atoms with Crippen molar-refractivity contribution >= 4 is 0 Å². The molecule has 1 saturated carbocycles. The van der Waals surface area contributed by atoms with Crippen LogP contribution in [-0.2, 0) is 0 Å². The molecule has 0 amide bonds. The van der Waals surface area contributed by atoms with Crippen molar-refractivity contribution in [2.45, 2.75) is 25.7 Å². The zero-order valence-corrected chi connectivity index (χ0v) is 5.64. The van der Waals surface area contributed by atoms with Gasteiger partial charge in [-0.2, -0.15) is 0 Å². The van der Waals surface area contributed by atoms with Crippen molar-refractivity contribution in [1.82, 2.24) is 0 Å². The Labute approximate surface area is 55.9 Å². The molecule has 50 valence electrons. The van der Waals surface area contributed by atoms with Crippen molar-refractivity contribution in [3.8, 4) is 0 Å². The molecule has 0 heterocycles. The third-order valence-corrected chi connectivity index (χ3v) is 2.45. The Morgan fingerprint density at radius 2 is 2.44 bits per heavy atom. The number of hydrogen-bond donors (Lipinski definition) is 1. The van der Waals surface area contributed by atoms with Crippen molar-refractivity contribution in [1.29, 1.82) is 0 Å². The van der Waals surface area contributed by atoms with Crippen LogP contribution >= 0.6 is 0 Å². The van der Waals surface area contributed by atoms with Gasteiger partial charge < -0.3 is 5.73 Å². The Morgan fingerprint density at radius 3 is 3.33 bits per heavy atom. The van der Waals surface area contributed by atoms with Crippen LogP contribution in [0.1, 0.15) is 25.7 Å². The fourth-order valence-electron chi connectivity index (χ4n) is 1.73. The molecule has 1 heteroatoms. The summed E-state index contributed by atoms with van der Waals surface area (Å²) in [4.78, 5) is 0. The number of allylic oxidation sites excluding steroid dienone is 2. The molecule has 2 N–H and O–H groups in total. The molecule has 2 rings (SSSR count). The monoisotopic (exact) mass is 123 g/mol. The Kier molecular flexibility index (Phi) is 1.04. The summed E-state index contributed by atoms with van der Waals surface area (Å²) in [6.45, 7) is 0. The quantitative estimate of drug-likeness (QED) is 0.520. The van der Waals surface area contributed by atoms with Gasteiger partial charge in [-0.1, -0.05) is 6.08 Å². The molecule has 0 aromatic rings. The number of rotatable bonds is 0. The SMILES string of the molecule is NC1=CC2CC2CCC1. The van der Waals surface area contributed by atoms with E-state index in [9.17, 15) is 0 Å². The minimum absolute atomic E-state index is 0.882. The van der Waals surface area contributed by atoms with Crippen molar-refractivity contribution in [2.75, 3.05) is 0 Å². The van der Waals surface area contributed by atoms with E-state index in [1.807, 2.05) is 0 Å². The summed E-state index contributed by atoms with van der Waals surface area (Å²) < 4.78 is 0. The van der Waals surface area contributed by atoms with Crippen LogP contribution in [-0.4, -0.2) is 0 Å². The van der Waals surface area contributed by atoms with Crippen molar-refractivity contribution in [3.63, 3.8) is 0 Å². The standard InChI is InChI=1S/C8H13N/c9-8-3-1-2-6-4-7(6)5-8/h5-7H,1-4,9H2. The molecule has 0 bridgehead atoms. The van der Waals surface area contributed by atoms with E-state index in [1.165, 1.54) is 19.3 Å². The average Bonchev–Trinajstić information content (AvgIpc) is 2.43. The van der Waals surface area contributed by atoms with Gasteiger partial charge in [0.15, 0.2) is 0 Å². The lowest BCUT2D eigenvalue weighted by molar-refractivity contribution is 0.660. The molecule has 0 aliphatic heterocycles. The second-order valence-electron chi connectivity index (χ2n) is 3.29. The van der Waals surface area contributed by atoms with E-state index < -0.39 is 0 Å². The molecule has 2 aliphatic carbocycles. The molecule has 9 heavy (non-hydrogen) atoms. The van der Waals surface area contributed by atoms with Gasteiger partial charge in [0, 0.05) is 5.70 Å². The predicted octanol–water partition coefficient (Wildman–Crippen LogP) is 1.65. The van der Waals surface area contributed by atoms with Gasteiger partial charge in [-0.05, 0) is 37.5 Å². The zero-order valence-electron chi connectivity index (χ0n) is 5.64. The second-order valence-corrected chi connectivity index (χ2v) is 3.29. The molecular weight excluding hydrogens is 110 g/mol. The van der Waals surface area contributed by atoms with Gasteiger partial charge in [-0.3, -0.25) is 0 Å². The minimum atomic E-state index is 0.882. The van der Waals surface area contributed by atoms with Crippen LogP contribution in [0.4, 0.5) is 0 Å². The smallest absolute Gasteiger partial charge is 0.00428 e. The molecule has 0 aromatic heterocycles. The summed E-state index contributed by atoms with van der Waals surface area (Å²) in [6, 6.07) is 0. The Bertz CT molecular complexity index is 149. The first kappa shape index (κ1) is 5.33. The number of fused-ring (bicyclic) bond motifs is 1. The van der Waals surface area contributed by atoms with Gasteiger partial charge in [-0.15, -0.1) is 0 Å².